The Morgan fingerprint density at radius 3 is 2.22 bits per heavy atom. The van der Waals surface area contributed by atoms with E-state index in [2.05, 4.69) is 10.5 Å². The molecule has 2 aromatic carbocycles. The normalized spacial score (nSPS) is 11.9. The fourth-order valence-corrected chi connectivity index (χ4v) is 3.61. The minimum absolute atomic E-state index is 0.0283. The van der Waals surface area contributed by atoms with Crippen molar-refractivity contribution in [3.8, 4) is 11.3 Å². The van der Waals surface area contributed by atoms with Crippen LogP contribution in [-0.2, 0) is 10.0 Å². The summed E-state index contributed by atoms with van der Waals surface area (Å²) in [6, 6.07) is 12.6. The van der Waals surface area contributed by atoms with E-state index in [1.54, 1.807) is 36.4 Å². The van der Waals surface area contributed by atoms with Crippen LogP contribution < -0.4 is 10.6 Å². The Morgan fingerprint density at radius 1 is 1.00 bits per heavy atom. The minimum atomic E-state index is -3.73. The van der Waals surface area contributed by atoms with Crippen molar-refractivity contribution in [3.63, 3.8) is 0 Å². The third kappa shape index (κ3) is 4.82. The van der Waals surface area contributed by atoms with E-state index in [0.717, 1.165) is 0 Å². The molecule has 0 atom stereocenters. The number of anilines is 1. The van der Waals surface area contributed by atoms with Gasteiger partial charge in [0.1, 0.15) is 11.5 Å². The first-order valence-corrected chi connectivity index (χ1v) is 10.1. The van der Waals surface area contributed by atoms with Crippen molar-refractivity contribution < 1.29 is 12.8 Å². The van der Waals surface area contributed by atoms with Crippen molar-refractivity contribution in [2.45, 2.75) is 4.90 Å². The second-order valence-corrected chi connectivity index (χ2v) is 8.20. The summed E-state index contributed by atoms with van der Waals surface area (Å²) in [7, 11) is -3.73. The SMILES string of the molecule is NS(=O)(=O)c1ccc(-c2ccc(/C=N\Nc3c(Cl)cc(Cl)cc3Cl)o2)cc1. The van der Waals surface area contributed by atoms with E-state index < -0.39 is 10.0 Å². The van der Waals surface area contributed by atoms with Crippen LogP contribution in [0.2, 0.25) is 15.1 Å². The number of furan rings is 1. The summed E-state index contributed by atoms with van der Waals surface area (Å²) in [6.45, 7) is 0. The summed E-state index contributed by atoms with van der Waals surface area (Å²) in [5.74, 6) is 1.01. The summed E-state index contributed by atoms with van der Waals surface area (Å²) >= 11 is 18.0. The lowest BCUT2D eigenvalue weighted by Crippen LogP contribution is -2.11. The summed E-state index contributed by atoms with van der Waals surface area (Å²) in [5, 5.41) is 10.2. The lowest BCUT2D eigenvalue weighted by atomic mass is 10.2. The maximum absolute atomic E-state index is 11.3. The van der Waals surface area contributed by atoms with E-state index in [4.69, 9.17) is 44.4 Å². The molecule has 0 bridgehead atoms. The van der Waals surface area contributed by atoms with Crippen LogP contribution in [0.5, 0.6) is 0 Å². The molecule has 3 aromatic rings. The van der Waals surface area contributed by atoms with Crippen LogP contribution in [0.25, 0.3) is 11.3 Å². The molecule has 0 fully saturated rings. The molecule has 6 nitrogen and oxygen atoms in total. The highest BCUT2D eigenvalue weighted by Crippen LogP contribution is 2.33. The van der Waals surface area contributed by atoms with Gasteiger partial charge in [0.25, 0.3) is 0 Å². The summed E-state index contributed by atoms with van der Waals surface area (Å²) in [4.78, 5) is 0.0283. The molecular weight excluding hydrogens is 433 g/mol. The molecule has 3 rings (SSSR count). The molecule has 1 heterocycles. The quantitative estimate of drug-likeness (QED) is 0.427. The third-order valence-corrected chi connectivity index (χ3v) is 5.21. The fraction of sp³-hybridized carbons (Fsp3) is 0. The number of nitrogens with zero attached hydrogens (tertiary/aromatic N) is 1. The van der Waals surface area contributed by atoms with E-state index in [1.807, 2.05) is 0 Å². The van der Waals surface area contributed by atoms with E-state index in [-0.39, 0.29) is 4.90 Å². The monoisotopic (exact) mass is 443 g/mol. The Bertz CT molecular complexity index is 1090. The highest BCUT2D eigenvalue weighted by Gasteiger charge is 2.10. The number of nitrogens with two attached hydrogens (primary N) is 1. The molecule has 3 N–H and O–H groups in total. The molecule has 0 aliphatic carbocycles. The topological polar surface area (TPSA) is 97.7 Å². The van der Waals surface area contributed by atoms with Crippen LogP contribution >= 0.6 is 34.8 Å². The smallest absolute Gasteiger partial charge is 0.238 e. The minimum Gasteiger partial charge on any atom is -0.455 e. The lowest BCUT2D eigenvalue weighted by molar-refractivity contribution is 0.575. The highest BCUT2D eigenvalue weighted by atomic mass is 35.5. The van der Waals surface area contributed by atoms with Crippen LogP contribution in [0.4, 0.5) is 5.69 Å². The van der Waals surface area contributed by atoms with Crippen molar-refractivity contribution in [3.05, 3.63) is 69.4 Å². The molecule has 1 aromatic heterocycles. The number of halogens is 3. The van der Waals surface area contributed by atoms with Gasteiger partial charge in [0.2, 0.25) is 10.0 Å². The first kappa shape index (κ1) is 19.7. The summed E-state index contributed by atoms with van der Waals surface area (Å²) in [5.41, 5.74) is 3.85. The fourth-order valence-electron chi connectivity index (χ4n) is 2.20. The second-order valence-electron chi connectivity index (χ2n) is 5.39. The predicted octanol–water partition coefficient (Wildman–Crippen LogP) is 5.00. The summed E-state index contributed by atoms with van der Waals surface area (Å²) < 4.78 is 28.2. The first-order chi connectivity index (χ1) is 12.7. The predicted molar refractivity (Wildman–Crippen MR) is 108 cm³/mol. The van der Waals surface area contributed by atoms with Crippen molar-refractivity contribution in [2.75, 3.05) is 5.43 Å². The molecule has 0 aliphatic rings. The molecule has 0 amide bonds. The van der Waals surface area contributed by atoms with E-state index in [9.17, 15) is 8.42 Å². The number of hydrazone groups is 1. The highest BCUT2D eigenvalue weighted by molar-refractivity contribution is 7.89. The molecule has 0 spiro atoms. The second kappa shape index (κ2) is 7.92. The number of benzene rings is 2. The van der Waals surface area contributed by atoms with Gasteiger partial charge >= 0.3 is 0 Å². The number of rotatable bonds is 5. The van der Waals surface area contributed by atoms with Gasteiger partial charge in [-0.25, -0.2) is 13.6 Å². The maximum atomic E-state index is 11.3. The van der Waals surface area contributed by atoms with Gasteiger partial charge in [-0.1, -0.05) is 34.8 Å². The Hall–Kier alpha value is -2.03. The van der Waals surface area contributed by atoms with Crippen molar-refractivity contribution in [1.82, 2.24) is 0 Å². The van der Waals surface area contributed by atoms with E-state index in [0.29, 0.717) is 37.8 Å². The van der Waals surface area contributed by atoms with Crippen LogP contribution in [0.3, 0.4) is 0 Å². The summed E-state index contributed by atoms with van der Waals surface area (Å²) in [6.07, 6.45) is 1.45. The van der Waals surface area contributed by atoms with Gasteiger partial charge in [-0.2, -0.15) is 5.10 Å². The molecule has 0 aliphatic heterocycles. The van der Waals surface area contributed by atoms with Crippen LogP contribution in [-0.4, -0.2) is 14.6 Å². The molecule has 10 heteroatoms. The zero-order valence-corrected chi connectivity index (χ0v) is 16.6. The van der Waals surface area contributed by atoms with E-state index >= 15 is 0 Å². The van der Waals surface area contributed by atoms with E-state index in [1.165, 1.54) is 18.3 Å². The number of hydrogen-bond donors (Lipinski definition) is 2. The largest absolute Gasteiger partial charge is 0.455 e. The van der Waals surface area contributed by atoms with Gasteiger partial charge in [0, 0.05) is 10.6 Å². The van der Waals surface area contributed by atoms with Gasteiger partial charge in [0.05, 0.1) is 26.8 Å². The van der Waals surface area contributed by atoms with Crippen molar-refractivity contribution in [2.24, 2.45) is 10.2 Å². The van der Waals surface area contributed by atoms with Gasteiger partial charge in [-0.15, -0.1) is 0 Å². The Morgan fingerprint density at radius 2 is 1.63 bits per heavy atom. The Kier molecular flexibility index (Phi) is 5.78. The van der Waals surface area contributed by atoms with Crippen molar-refractivity contribution >= 4 is 56.7 Å². The lowest BCUT2D eigenvalue weighted by Gasteiger charge is -2.06. The zero-order chi connectivity index (χ0) is 19.6. The molecule has 0 unspecified atom stereocenters. The Labute approximate surface area is 170 Å². The van der Waals surface area contributed by atoms with Gasteiger partial charge in [-0.05, 0) is 48.5 Å². The molecule has 0 saturated carbocycles. The average molecular weight is 445 g/mol. The van der Waals surface area contributed by atoms with Crippen molar-refractivity contribution in [1.29, 1.82) is 0 Å². The molecule has 27 heavy (non-hydrogen) atoms. The number of sulfonamides is 1. The Balaban J connectivity index is 1.74. The van der Waals surface area contributed by atoms with Gasteiger partial charge < -0.3 is 4.42 Å². The first-order valence-electron chi connectivity index (χ1n) is 7.41. The van der Waals surface area contributed by atoms with Crippen LogP contribution in [0.1, 0.15) is 5.76 Å². The standard InChI is InChI=1S/C17H12Cl3N3O3S/c18-11-7-14(19)17(15(20)8-11)23-22-9-12-3-6-16(26-12)10-1-4-13(5-2-10)27(21,24)25/h1-9,23H,(H2,21,24,25)/b22-9-. The zero-order valence-electron chi connectivity index (χ0n) is 13.5. The third-order valence-electron chi connectivity index (χ3n) is 3.47. The molecule has 0 radical (unpaired) electrons. The van der Waals surface area contributed by atoms with Gasteiger partial charge in [-0.3, -0.25) is 5.43 Å². The molecular formula is C17H12Cl3N3O3S. The molecule has 140 valence electrons. The number of nitrogens with one attached hydrogen (secondary N) is 1. The number of primary sulfonamides is 1. The maximum Gasteiger partial charge on any atom is 0.238 e. The van der Waals surface area contributed by atoms with Crippen LogP contribution in [0.15, 0.2) is 62.9 Å². The van der Waals surface area contributed by atoms with Gasteiger partial charge in [0.15, 0.2) is 0 Å². The molecule has 0 saturated heterocycles. The average Bonchev–Trinajstić information content (AvgIpc) is 3.05. The number of hydrogen-bond acceptors (Lipinski definition) is 5. The van der Waals surface area contributed by atoms with Crippen LogP contribution in [0, 0.1) is 0 Å².